The van der Waals surface area contributed by atoms with Gasteiger partial charge in [-0.1, -0.05) is 61.8 Å². The van der Waals surface area contributed by atoms with E-state index in [1.807, 2.05) is 24.3 Å². The molecule has 0 atom stereocenters. The Morgan fingerprint density at radius 2 is 1.95 bits per heavy atom. The summed E-state index contributed by atoms with van der Waals surface area (Å²) in [6.45, 7) is 9.18. The van der Waals surface area contributed by atoms with Crippen molar-refractivity contribution in [1.29, 1.82) is 0 Å². The third-order valence-electron chi connectivity index (χ3n) is 4.78. The molecule has 3 heteroatoms. The van der Waals surface area contributed by atoms with Crippen molar-refractivity contribution in [2.75, 3.05) is 0 Å². The lowest BCUT2D eigenvalue weighted by atomic mass is 9.70. The van der Waals surface area contributed by atoms with Gasteiger partial charge in [0.15, 0.2) is 5.84 Å². The first-order valence-corrected chi connectivity index (χ1v) is 7.88. The van der Waals surface area contributed by atoms with Crippen molar-refractivity contribution in [2.24, 2.45) is 16.3 Å². The highest BCUT2D eigenvalue weighted by molar-refractivity contribution is 5.97. The molecule has 0 amide bonds. The van der Waals surface area contributed by atoms with E-state index in [9.17, 15) is 0 Å². The minimum atomic E-state index is 0.142. The Morgan fingerprint density at radius 1 is 1.32 bits per heavy atom. The molecule has 22 heavy (non-hydrogen) atoms. The van der Waals surface area contributed by atoms with Gasteiger partial charge >= 0.3 is 0 Å². The lowest BCUT2D eigenvalue weighted by molar-refractivity contribution is 0.318. The summed E-state index contributed by atoms with van der Waals surface area (Å²) in [6, 6.07) is 7.79. The van der Waals surface area contributed by atoms with Gasteiger partial charge < -0.3 is 10.9 Å². The molecule has 0 spiro atoms. The van der Waals surface area contributed by atoms with Crippen LogP contribution in [0, 0.1) is 5.41 Å². The van der Waals surface area contributed by atoms with Crippen LogP contribution >= 0.6 is 0 Å². The highest BCUT2D eigenvalue weighted by Gasteiger charge is 2.29. The van der Waals surface area contributed by atoms with E-state index in [1.54, 1.807) is 5.57 Å². The number of nitrogens with zero attached hydrogens (tertiary/aromatic N) is 1. The van der Waals surface area contributed by atoms with Crippen LogP contribution in [0.5, 0.6) is 0 Å². The van der Waals surface area contributed by atoms with Gasteiger partial charge in [0.05, 0.1) is 0 Å². The topological polar surface area (TPSA) is 58.6 Å². The van der Waals surface area contributed by atoms with Crippen LogP contribution in [0.1, 0.15) is 58.1 Å². The van der Waals surface area contributed by atoms with E-state index in [2.05, 4.69) is 38.9 Å². The van der Waals surface area contributed by atoms with Crippen LogP contribution in [0.3, 0.4) is 0 Å². The van der Waals surface area contributed by atoms with Crippen molar-refractivity contribution in [3.05, 3.63) is 52.1 Å². The first-order chi connectivity index (χ1) is 10.4. The fraction of sp³-hybridized carbons (Fsp3) is 0.421. The molecule has 0 saturated heterocycles. The molecule has 0 unspecified atom stereocenters. The van der Waals surface area contributed by atoms with Gasteiger partial charge in [-0.15, -0.1) is 0 Å². The molecule has 1 aromatic carbocycles. The molecule has 0 heterocycles. The molecule has 3 nitrogen and oxygen atoms in total. The lowest BCUT2D eigenvalue weighted by Gasteiger charge is -2.35. The van der Waals surface area contributed by atoms with E-state index in [0.717, 1.165) is 24.0 Å². The predicted octanol–water partition coefficient (Wildman–Crippen LogP) is 4.71. The second kappa shape index (κ2) is 6.39. The van der Waals surface area contributed by atoms with Crippen molar-refractivity contribution in [2.45, 2.75) is 47.0 Å². The molecule has 118 valence electrons. The molecule has 0 aliphatic heterocycles. The Hall–Kier alpha value is -2.03. The summed E-state index contributed by atoms with van der Waals surface area (Å²) in [4.78, 5) is 0. The molecular weight excluding hydrogens is 272 g/mol. The van der Waals surface area contributed by atoms with Crippen LogP contribution in [0.25, 0.3) is 6.08 Å². The van der Waals surface area contributed by atoms with E-state index in [0.29, 0.717) is 5.41 Å². The Morgan fingerprint density at radius 3 is 2.50 bits per heavy atom. The van der Waals surface area contributed by atoms with Gasteiger partial charge in [-0.05, 0) is 48.3 Å². The SMILES string of the molecule is CCC1=C(C)/C(=C/c2ccc(/C(N)=N/O)cc2)CCC1(C)C. The van der Waals surface area contributed by atoms with E-state index < -0.39 is 0 Å². The second-order valence-electron chi connectivity index (χ2n) is 6.62. The fourth-order valence-electron chi connectivity index (χ4n) is 3.42. The van der Waals surface area contributed by atoms with Crippen LogP contribution in [-0.2, 0) is 0 Å². The third-order valence-corrected chi connectivity index (χ3v) is 4.78. The van der Waals surface area contributed by atoms with E-state index >= 15 is 0 Å². The molecule has 1 aliphatic rings. The Balaban J connectivity index is 2.34. The monoisotopic (exact) mass is 298 g/mol. The maximum absolute atomic E-state index is 8.70. The summed E-state index contributed by atoms with van der Waals surface area (Å²) in [5, 5.41) is 11.7. The molecule has 0 fully saturated rings. The Kier molecular flexibility index (Phi) is 4.74. The zero-order chi connectivity index (χ0) is 16.3. The van der Waals surface area contributed by atoms with Crippen molar-refractivity contribution in [3.63, 3.8) is 0 Å². The minimum Gasteiger partial charge on any atom is -0.409 e. The Labute approximate surface area is 133 Å². The number of rotatable bonds is 3. The molecule has 3 N–H and O–H groups in total. The maximum atomic E-state index is 8.70. The molecule has 2 rings (SSSR count). The largest absolute Gasteiger partial charge is 0.409 e. The zero-order valence-electron chi connectivity index (χ0n) is 14.0. The standard InChI is InChI=1S/C19H26N2O/c1-5-17-13(2)16(10-11-19(17,3)4)12-14-6-8-15(9-7-14)18(20)21-22/h6-9,12,22H,5,10-11H2,1-4H3,(H2,20,21)/b16-12+. The summed E-state index contributed by atoms with van der Waals surface area (Å²) in [5.41, 5.74) is 12.2. The molecule has 0 aromatic heterocycles. The van der Waals surface area contributed by atoms with Crippen molar-refractivity contribution < 1.29 is 5.21 Å². The molecule has 0 bridgehead atoms. The predicted molar refractivity (Wildman–Crippen MR) is 92.9 cm³/mol. The van der Waals surface area contributed by atoms with Crippen molar-refractivity contribution >= 4 is 11.9 Å². The maximum Gasteiger partial charge on any atom is 0.170 e. The quantitative estimate of drug-likeness (QED) is 0.367. The number of nitrogens with two attached hydrogens (primary N) is 1. The summed E-state index contributed by atoms with van der Waals surface area (Å²) < 4.78 is 0. The van der Waals surface area contributed by atoms with Crippen LogP contribution in [0.15, 0.2) is 46.1 Å². The lowest BCUT2D eigenvalue weighted by Crippen LogP contribution is -2.21. The van der Waals surface area contributed by atoms with Gasteiger partial charge in [0, 0.05) is 5.56 Å². The summed E-state index contributed by atoms with van der Waals surface area (Å²) in [5.74, 6) is 0.142. The number of hydrogen-bond donors (Lipinski definition) is 2. The number of hydrogen-bond acceptors (Lipinski definition) is 2. The van der Waals surface area contributed by atoms with Gasteiger partial charge in [0.25, 0.3) is 0 Å². The first kappa shape index (κ1) is 16.3. The minimum absolute atomic E-state index is 0.142. The van der Waals surface area contributed by atoms with E-state index in [4.69, 9.17) is 10.9 Å². The van der Waals surface area contributed by atoms with Gasteiger partial charge in [0.2, 0.25) is 0 Å². The van der Waals surface area contributed by atoms with Gasteiger partial charge in [0.1, 0.15) is 0 Å². The van der Waals surface area contributed by atoms with Crippen LogP contribution in [0.4, 0.5) is 0 Å². The van der Waals surface area contributed by atoms with Gasteiger partial charge in [-0.3, -0.25) is 0 Å². The zero-order valence-corrected chi connectivity index (χ0v) is 14.0. The van der Waals surface area contributed by atoms with Gasteiger partial charge in [-0.2, -0.15) is 0 Å². The second-order valence-corrected chi connectivity index (χ2v) is 6.62. The van der Waals surface area contributed by atoms with E-state index in [1.165, 1.54) is 17.6 Å². The van der Waals surface area contributed by atoms with E-state index in [-0.39, 0.29) is 5.84 Å². The third kappa shape index (κ3) is 3.24. The van der Waals surface area contributed by atoms with Gasteiger partial charge in [-0.25, -0.2) is 0 Å². The average Bonchev–Trinajstić information content (AvgIpc) is 2.50. The number of oxime groups is 1. The van der Waals surface area contributed by atoms with Crippen LogP contribution in [0.2, 0.25) is 0 Å². The smallest absolute Gasteiger partial charge is 0.170 e. The summed E-state index contributed by atoms with van der Waals surface area (Å²) in [6.07, 6.45) is 5.68. The number of benzene rings is 1. The number of allylic oxidation sites excluding steroid dienone is 3. The average molecular weight is 298 g/mol. The molecular formula is C19H26N2O. The highest BCUT2D eigenvalue weighted by Crippen LogP contribution is 2.44. The van der Waals surface area contributed by atoms with Crippen LogP contribution < -0.4 is 5.73 Å². The summed E-state index contributed by atoms with van der Waals surface area (Å²) in [7, 11) is 0. The fourth-order valence-corrected chi connectivity index (χ4v) is 3.42. The first-order valence-electron chi connectivity index (χ1n) is 7.88. The van der Waals surface area contributed by atoms with Crippen molar-refractivity contribution in [3.8, 4) is 0 Å². The molecule has 0 saturated carbocycles. The molecule has 1 aromatic rings. The normalized spacial score (nSPS) is 20.5. The highest BCUT2D eigenvalue weighted by atomic mass is 16.4. The summed E-state index contributed by atoms with van der Waals surface area (Å²) >= 11 is 0. The van der Waals surface area contributed by atoms with Crippen molar-refractivity contribution in [1.82, 2.24) is 0 Å². The van der Waals surface area contributed by atoms with Crippen LogP contribution in [-0.4, -0.2) is 11.0 Å². The molecule has 1 aliphatic carbocycles. The number of amidine groups is 1. The molecule has 0 radical (unpaired) electrons. The Bertz CT molecular complexity index is 634.